The zero-order chi connectivity index (χ0) is 18.5. The van der Waals surface area contributed by atoms with Crippen molar-refractivity contribution in [3.05, 3.63) is 41.0 Å². The normalized spacial score (nSPS) is 31.7. The summed E-state index contributed by atoms with van der Waals surface area (Å²) in [4.78, 5) is 5.14. The Hall–Kier alpha value is -1.55. The first-order valence-corrected chi connectivity index (χ1v) is 13.3. The number of benzene rings is 1. The fourth-order valence-electron chi connectivity index (χ4n) is 5.42. The van der Waals surface area contributed by atoms with Gasteiger partial charge in [0.1, 0.15) is 12.9 Å². The minimum Gasteiger partial charge on any atom is -0.544 e. The molecular weight excluding hydrogens is 338 g/mol. The zero-order valence-electron chi connectivity index (χ0n) is 16.8. The molecule has 0 saturated heterocycles. The second kappa shape index (κ2) is 6.26. The van der Waals surface area contributed by atoms with E-state index in [0.717, 1.165) is 18.6 Å². The van der Waals surface area contributed by atoms with Crippen molar-refractivity contribution in [3.63, 3.8) is 0 Å². The van der Waals surface area contributed by atoms with Gasteiger partial charge in [0, 0.05) is 11.3 Å². The van der Waals surface area contributed by atoms with E-state index in [4.69, 9.17) is 9.26 Å². The van der Waals surface area contributed by atoms with Gasteiger partial charge in [-0.2, -0.15) is 0 Å². The molecule has 0 bridgehead atoms. The van der Waals surface area contributed by atoms with Crippen LogP contribution in [0.4, 0.5) is 0 Å². The van der Waals surface area contributed by atoms with Crippen molar-refractivity contribution < 1.29 is 9.26 Å². The molecule has 0 heterocycles. The maximum absolute atomic E-state index is 6.22. The Morgan fingerprint density at radius 1 is 1.19 bits per heavy atom. The summed E-state index contributed by atoms with van der Waals surface area (Å²) >= 11 is 0. The zero-order valence-corrected chi connectivity index (χ0v) is 17.8. The van der Waals surface area contributed by atoms with Crippen molar-refractivity contribution >= 4 is 14.0 Å². The molecule has 0 spiro atoms. The van der Waals surface area contributed by atoms with E-state index in [1.165, 1.54) is 36.1 Å². The van der Waals surface area contributed by atoms with E-state index in [9.17, 15) is 0 Å². The van der Waals surface area contributed by atoms with Crippen LogP contribution in [0, 0.1) is 11.3 Å². The Bertz CT molecular complexity index is 777. The van der Waals surface area contributed by atoms with Crippen molar-refractivity contribution in [1.82, 2.24) is 0 Å². The van der Waals surface area contributed by atoms with Gasteiger partial charge in [-0.1, -0.05) is 29.8 Å². The summed E-state index contributed by atoms with van der Waals surface area (Å²) in [5.74, 6) is 2.26. The molecule has 4 heteroatoms. The van der Waals surface area contributed by atoms with E-state index in [-0.39, 0.29) is 5.41 Å². The lowest BCUT2D eigenvalue weighted by molar-refractivity contribution is 0.198. The minimum atomic E-state index is -1.56. The molecule has 3 atom stereocenters. The highest BCUT2D eigenvalue weighted by atomic mass is 28.4. The molecule has 26 heavy (non-hydrogen) atoms. The number of rotatable bonds is 3. The van der Waals surface area contributed by atoms with Crippen LogP contribution >= 0.6 is 0 Å². The fraction of sp³-hybridized carbons (Fsp3) is 0.591. The number of hydrogen-bond donors (Lipinski definition) is 0. The maximum Gasteiger partial charge on any atom is 0.242 e. The van der Waals surface area contributed by atoms with Crippen LogP contribution in [-0.2, 0) is 11.3 Å². The number of nitrogens with zero attached hydrogens (tertiary/aromatic N) is 1. The summed E-state index contributed by atoms with van der Waals surface area (Å²) < 4.78 is 6.22. The van der Waals surface area contributed by atoms with Crippen LogP contribution in [0.15, 0.2) is 35.0 Å². The third kappa shape index (κ3) is 2.92. The summed E-state index contributed by atoms with van der Waals surface area (Å²) in [6.45, 7) is 9.13. The fourth-order valence-corrected chi connectivity index (χ4v) is 6.25. The van der Waals surface area contributed by atoms with Crippen LogP contribution in [0.2, 0.25) is 19.6 Å². The molecule has 0 unspecified atom stereocenters. The summed E-state index contributed by atoms with van der Waals surface area (Å²) in [5, 5.41) is 4.38. The molecular formula is C22H31NO2Si. The van der Waals surface area contributed by atoms with Gasteiger partial charge < -0.3 is 9.26 Å². The summed E-state index contributed by atoms with van der Waals surface area (Å²) in [7, 11) is 0.111. The lowest BCUT2D eigenvalue weighted by atomic mass is 9.60. The lowest BCUT2D eigenvalue weighted by Crippen LogP contribution is -2.37. The van der Waals surface area contributed by atoms with E-state index >= 15 is 0 Å². The number of hydrogen-bond acceptors (Lipinski definition) is 3. The van der Waals surface area contributed by atoms with Gasteiger partial charge in [0.25, 0.3) is 0 Å². The summed E-state index contributed by atoms with van der Waals surface area (Å²) in [5.41, 5.74) is 6.11. The molecule has 1 aromatic rings. The Labute approximate surface area is 158 Å². The van der Waals surface area contributed by atoms with E-state index < -0.39 is 8.32 Å². The van der Waals surface area contributed by atoms with Crippen molar-refractivity contribution in [3.8, 4) is 5.75 Å². The molecule has 0 N–H and O–H groups in total. The van der Waals surface area contributed by atoms with E-state index in [0.29, 0.717) is 11.8 Å². The first-order valence-electron chi connectivity index (χ1n) is 9.94. The summed E-state index contributed by atoms with van der Waals surface area (Å²) in [6.07, 6.45) is 8.26. The summed E-state index contributed by atoms with van der Waals surface area (Å²) in [6, 6.07) is 6.83. The van der Waals surface area contributed by atoms with Gasteiger partial charge >= 0.3 is 0 Å². The minimum absolute atomic E-state index is 0.191. The number of allylic oxidation sites excluding steroid dienone is 2. The van der Waals surface area contributed by atoms with Gasteiger partial charge in [0.2, 0.25) is 8.32 Å². The van der Waals surface area contributed by atoms with Gasteiger partial charge in [-0.25, -0.2) is 0 Å². The molecule has 4 rings (SSSR count). The van der Waals surface area contributed by atoms with Gasteiger partial charge in [-0.3, -0.25) is 0 Å². The Morgan fingerprint density at radius 3 is 2.73 bits per heavy atom. The smallest absolute Gasteiger partial charge is 0.242 e. The van der Waals surface area contributed by atoms with Gasteiger partial charge in [0.05, 0.1) is 5.71 Å². The lowest BCUT2D eigenvalue weighted by Gasteiger charge is -2.44. The van der Waals surface area contributed by atoms with Crippen LogP contribution in [0.1, 0.15) is 49.7 Å². The molecule has 2 saturated carbocycles. The molecule has 0 aromatic heterocycles. The molecule has 1 aromatic carbocycles. The molecule has 0 aliphatic heterocycles. The van der Waals surface area contributed by atoms with Gasteiger partial charge in [0.15, 0.2) is 0 Å². The van der Waals surface area contributed by atoms with E-state index in [1.807, 2.05) is 0 Å². The van der Waals surface area contributed by atoms with E-state index in [2.05, 4.69) is 56.0 Å². The van der Waals surface area contributed by atoms with Crippen molar-refractivity contribution in [2.75, 3.05) is 7.11 Å². The molecule has 0 radical (unpaired) electrons. The monoisotopic (exact) mass is 369 g/mol. The van der Waals surface area contributed by atoms with Crippen LogP contribution in [-0.4, -0.2) is 21.1 Å². The van der Waals surface area contributed by atoms with Gasteiger partial charge in [-0.05, 0) is 80.9 Å². The highest BCUT2D eigenvalue weighted by molar-refractivity contribution is 6.70. The first kappa shape index (κ1) is 17.8. The van der Waals surface area contributed by atoms with Crippen LogP contribution < -0.4 is 4.43 Å². The molecule has 2 fully saturated rings. The molecule has 3 aliphatic carbocycles. The van der Waals surface area contributed by atoms with E-state index in [1.54, 1.807) is 12.7 Å². The van der Waals surface area contributed by atoms with Crippen molar-refractivity contribution in [2.45, 2.75) is 64.6 Å². The van der Waals surface area contributed by atoms with Crippen LogP contribution in [0.25, 0.3) is 0 Å². The Morgan fingerprint density at radius 2 is 2.00 bits per heavy atom. The van der Waals surface area contributed by atoms with Crippen LogP contribution in [0.3, 0.4) is 0 Å². The van der Waals surface area contributed by atoms with Crippen molar-refractivity contribution in [2.24, 2.45) is 16.5 Å². The average Bonchev–Trinajstić information content (AvgIpc) is 2.90. The Kier molecular flexibility index (Phi) is 4.29. The van der Waals surface area contributed by atoms with Gasteiger partial charge in [-0.15, -0.1) is 0 Å². The topological polar surface area (TPSA) is 30.8 Å². The molecule has 3 nitrogen and oxygen atoms in total. The maximum atomic E-state index is 6.22. The number of fused-ring (bicyclic) bond motifs is 5. The van der Waals surface area contributed by atoms with Crippen LogP contribution in [0.5, 0.6) is 5.75 Å². The molecule has 0 amide bonds. The molecule has 140 valence electrons. The molecule has 3 aliphatic rings. The highest BCUT2D eigenvalue weighted by Crippen LogP contribution is 2.58. The standard InChI is InChI=1S/C22H31NO2Si/c1-22-13-12-18-17-9-7-16(25-26(3,4)5)14-15(17)6-8-19(18)20(22)10-11-21(22)23-24-2/h7-9,14,18,20H,6,10-13H2,1-5H3/b23-21-/t18-,20+,22+/m1/s1. The predicted octanol–water partition coefficient (Wildman–Crippen LogP) is 5.68. The van der Waals surface area contributed by atoms with Crippen molar-refractivity contribution in [1.29, 1.82) is 0 Å². The first-order chi connectivity index (χ1) is 12.3. The largest absolute Gasteiger partial charge is 0.544 e. The second-order valence-corrected chi connectivity index (χ2v) is 13.7. The Balaban J connectivity index is 1.63. The predicted molar refractivity (Wildman–Crippen MR) is 109 cm³/mol. The third-order valence-corrected chi connectivity index (χ3v) is 7.38. The average molecular weight is 370 g/mol. The quantitative estimate of drug-likeness (QED) is 0.390. The highest BCUT2D eigenvalue weighted by Gasteiger charge is 2.51. The number of oxime groups is 1. The second-order valence-electron chi connectivity index (χ2n) is 9.30. The SMILES string of the molecule is CO/N=C1/CC[C@H]2C3=CCc4cc(O[Si](C)(C)C)ccc4[C@H]3CC[C@]12C. The third-order valence-electron chi connectivity index (χ3n) is 6.53.